The predicted molar refractivity (Wildman–Crippen MR) is 110 cm³/mol. The topological polar surface area (TPSA) is 71.1 Å². The molecule has 152 valence electrons. The Hall–Kier alpha value is -3.00. The molecule has 0 spiro atoms. The molecule has 1 aromatic heterocycles. The number of hydrogen-bond donors (Lipinski definition) is 1. The summed E-state index contributed by atoms with van der Waals surface area (Å²) in [4.78, 5) is 28.9. The Labute approximate surface area is 173 Å². The smallest absolute Gasteiger partial charge is 0.322 e. The Balaban J connectivity index is 1.52. The molecule has 2 aromatic rings. The molecular formula is C21H23N3O4S. The second-order valence-electron chi connectivity index (χ2n) is 7.02. The summed E-state index contributed by atoms with van der Waals surface area (Å²) in [6, 6.07) is 7.14. The van der Waals surface area contributed by atoms with Crippen molar-refractivity contribution in [3.05, 3.63) is 57.4 Å². The van der Waals surface area contributed by atoms with Gasteiger partial charge in [-0.2, -0.15) is 11.3 Å². The lowest BCUT2D eigenvalue weighted by Gasteiger charge is -2.30. The molecule has 2 aliphatic rings. The molecule has 29 heavy (non-hydrogen) atoms. The van der Waals surface area contributed by atoms with Gasteiger partial charge in [-0.3, -0.25) is 9.69 Å². The monoisotopic (exact) mass is 413 g/mol. The first-order valence-corrected chi connectivity index (χ1v) is 10.3. The van der Waals surface area contributed by atoms with E-state index in [0.717, 1.165) is 16.8 Å². The Morgan fingerprint density at radius 1 is 1.17 bits per heavy atom. The fourth-order valence-corrected chi connectivity index (χ4v) is 4.48. The molecule has 3 heterocycles. The molecule has 0 saturated heterocycles. The van der Waals surface area contributed by atoms with Crippen molar-refractivity contribution in [1.82, 2.24) is 15.1 Å². The Morgan fingerprint density at radius 2 is 1.97 bits per heavy atom. The number of benzene rings is 1. The Bertz CT molecular complexity index is 970. The lowest BCUT2D eigenvalue weighted by atomic mass is 9.98. The molecular weight excluding hydrogens is 390 g/mol. The summed E-state index contributed by atoms with van der Waals surface area (Å²) in [5, 5.41) is 6.88. The number of nitrogens with one attached hydrogen (secondary N) is 1. The minimum atomic E-state index is -0.390. The van der Waals surface area contributed by atoms with Gasteiger partial charge in [0.2, 0.25) is 0 Å². The maximum absolute atomic E-state index is 13.2. The summed E-state index contributed by atoms with van der Waals surface area (Å²) < 4.78 is 10.6. The third kappa shape index (κ3) is 3.44. The molecule has 1 N–H and O–H groups in total. The first kappa shape index (κ1) is 19.3. The number of thiophene rings is 1. The van der Waals surface area contributed by atoms with E-state index in [4.69, 9.17) is 9.47 Å². The zero-order valence-corrected chi connectivity index (χ0v) is 17.4. The molecule has 0 unspecified atom stereocenters. The zero-order chi connectivity index (χ0) is 20.5. The van der Waals surface area contributed by atoms with Crippen molar-refractivity contribution >= 4 is 23.3 Å². The number of urea groups is 1. The molecule has 0 bridgehead atoms. The van der Waals surface area contributed by atoms with Crippen LogP contribution in [0.5, 0.6) is 11.5 Å². The van der Waals surface area contributed by atoms with Crippen LogP contribution in [0, 0.1) is 0 Å². The van der Waals surface area contributed by atoms with Gasteiger partial charge in [0.15, 0.2) is 11.5 Å². The maximum atomic E-state index is 13.2. The van der Waals surface area contributed by atoms with Crippen molar-refractivity contribution < 1.29 is 19.1 Å². The number of hydrogen-bond acceptors (Lipinski definition) is 5. The van der Waals surface area contributed by atoms with Gasteiger partial charge in [-0.25, -0.2) is 4.79 Å². The minimum Gasteiger partial charge on any atom is -0.493 e. The highest BCUT2D eigenvalue weighted by molar-refractivity contribution is 7.08. The highest BCUT2D eigenvalue weighted by Crippen LogP contribution is 2.36. The summed E-state index contributed by atoms with van der Waals surface area (Å²) >= 11 is 1.55. The normalized spacial score (nSPS) is 18.8. The van der Waals surface area contributed by atoms with Crippen LogP contribution in [0.3, 0.4) is 0 Å². The van der Waals surface area contributed by atoms with E-state index in [1.807, 2.05) is 35.0 Å². The van der Waals surface area contributed by atoms with Crippen LogP contribution < -0.4 is 14.8 Å². The van der Waals surface area contributed by atoms with Gasteiger partial charge in [0, 0.05) is 13.6 Å². The summed E-state index contributed by atoms with van der Waals surface area (Å²) in [7, 11) is 4.92. The molecule has 1 atom stereocenters. The van der Waals surface area contributed by atoms with Crippen LogP contribution in [0.25, 0.3) is 0 Å². The quantitative estimate of drug-likeness (QED) is 0.791. The van der Waals surface area contributed by atoms with E-state index >= 15 is 0 Å². The summed E-state index contributed by atoms with van der Waals surface area (Å²) in [5.74, 6) is 1.32. The Morgan fingerprint density at radius 3 is 2.66 bits per heavy atom. The first-order chi connectivity index (χ1) is 14.0. The number of rotatable bonds is 6. The van der Waals surface area contributed by atoms with E-state index in [1.54, 1.807) is 42.4 Å². The molecule has 8 heteroatoms. The van der Waals surface area contributed by atoms with Crippen LogP contribution in [0.15, 0.2) is 46.3 Å². The van der Waals surface area contributed by atoms with Crippen molar-refractivity contribution in [2.75, 3.05) is 34.4 Å². The fourth-order valence-electron chi connectivity index (χ4n) is 3.79. The highest BCUT2D eigenvalue weighted by atomic mass is 32.1. The third-order valence-corrected chi connectivity index (χ3v) is 6.13. The maximum Gasteiger partial charge on any atom is 0.322 e. The number of carbonyl (C=O) groups is 2. The van der Waals surface area contributed by atoms with Crippen molar-refractivity contribution in [2.45, 2.75) is 12.5 Å². The number of amides is 3. The van der Waals surface area contributed by atoms with E-state index in [-0.39, 0.29) is 11.9 Å². The van der Waals surface area contributed by atoms with E-state index in [2.05, 4.69) is 5.32 Å². The highest BCUT2D eigenvalue weighted by Gasteiger charge is 2.42. The van der Waals surface area contributed by atoms with Gasteiger partial charge in [-0.15, -0.1) is 0 Å². The van der Waals surface area contributed by atoms with Gasteiger partial charge < -0.3 is 19.7 Å². The van der Waals surface area contributed by atoms with Gasteiger partial charge in [-0.1, -0.05) is 6.07 Å². The van der Waals surface area contributed by atoms with Crippen LogP contribution in [0.1, 0.15) is 17.2 Å². The molecule has 4 rings (SSSR count). The zero-order valence-electron chi connectivity index (χ0n) is 16.6. The number of methoxy groups -OCH3 is 2. The largest absolute Gasteiger partial charge is 0.493 e. The molecule has 0 radical (unpaired) electrons. The third-order valence-electron chi connectivity index (χ3n) is 5.43. The van der Waals surface area contributed by atoms with Crippen LogP contribution in [-0.4, -0.2) is 56.1 Å². The molecule has 3 amide bonds. The van der Waals surface area contributed by atoms with Gasteiger partial charge in [-0.05, 0) is 46.5 Å². The number of nitrogens with zero attached hydrogens (tertiary/aromatic N) is 2. The minimum absolute atomic E-state index is 0.0245. The number of ether oxygens (including phenoxy) is 2. The molecule has 0 aliphatic carbocycles. The second kappa shape index (κ2) is 7.79. The first-order valence-electron chi connectivity index (χ1n) is 9.33. The van der Waals surface area contributed by atoms with E-state index in [9.17, 15) is 9.59 Å². The van der Waals surface area contributed by atoms with Crippen molar-refractivity contribution in [2.24, 2.45) is 0 Å². The SMILES string of the molecule is COc1ccc(CCN2CC3=C(C2=O)[C@@H](c2ccsc2)NC(=O)N3C)cc1OC. The van der Waals surface area contributed by atoms with Gasteiger partial charge in [0.05, 0.1) is 38.1 Å². The van der Waals surface area contributed by atoms with Crippen LogP contribution in [0.2, 0.25) is 0 Å². The molecule has 0 fully saturated rings. The fraction of sp³-hybridized carbons (Fsp3) is 0.333. The number of carbonyl (C=O) groups excluding carboxylic acids is 2. The second-order valence-corrected chi connectivity index (χ2v) is 7.80. The lowest BCUT2D eigenvalue weighted by molar-refractivity contribution is -0.125. The molecule has 1 aromatic carbocycles. The van der Waals surface area contributed by atoms with Crippen LogP contribution in [0.4, 0.5) is 4.79 Å². The number of likely N-dealkylation sites (N-methyl/N-ethyl adjacent to an activating group) is 1. The van der Waals surface area contributed by atoms with Gasteiger partial charge in [0.1, 0.15) is 0 Å². The summed E-state index contributed by atoms with van der Waals surface area (Å²) in [6.07, 6.45) is 0.681. The van der Waals surface area contributed by atoms with Gasteiger partial charge in [0.25, 0.3) is 5.91 Å². The average Bonchev–Trinajstić information content (AvgIpc) is 3.38. The predicted octanol–water partition coefficient (Wildman–Crippen LogP) is 2.80. The lowest BCUT2D eigenvalue weighted by Crippen LogP contribution is -2.45. The van der Waals surface area contributed by atoms with Crippen molar-refractivity contribution in [3.8, 4) is 11.5 Å². The molecule has 7 nitrogen and oxygen atoms in total. The summed E-state index contributed by atoms with van der Waals surface area (Å²) in [6.45, 7) is 0.992. The van der Waals surface area contributed by atoms with Crippen LogP contribution >= 0.6 is 11.3 Å². The summed E-state index contributed by atoms with van der Waals surface area (Å²) in [5.41, 5.74) is 3.44. The molecule has 0 saturated carbocycles. The Kier molecular flexibility index (Phi) is 5.19. The molecule has 2 aliphatic heterocycles. The van der Waals surface area contributed by atoms with Crippen LogP contribution in [-0.2, 0) is 11.2 Å². The van der Waals surface area contributed by atoms with Crippen molar-refractivity contribution in [3.63, 3.8) is 0 Å². The average molecular weight is 413 g/mol. The standard InChI is InChI=1S/C21H23N3O4S/c1-23-15-11-24(8-6-13-4-5-16(27-2)17(10-13)28-3)20(25)18(15)19(22-21(23)26)14-7-9-29-12-14/h4-5,7,9-10,12,19H,6,8,11H2,1-3H3,(H,22,26)/t19-/m1/s1. The van der Waals surface area contributed by atoms with Gasteiger partial charge >= 0.3 is 6.03 Å². The van der Waals surface area contributed by atoms with E-state index in [0.29, 0.717) is 36.6 Å². The van der Waals surface area contributed by atoms with E-state index in [1.165, 1.54) is 0 Å². The van der Waals surface area contributed by atoms with Crippen molar-refractivity contribution in [1.29, 1.82) is 0 Å². The van der Waals surface area contributed by atoms with E-state index < -0.39 is 6.04 Å².